The van der Waals surface area contributed by atoms with E-state index in [1.54, 1.807) is 22.3 Å². The molecule has 32 heavy (non-hydrogen) atoms. The molecule has 6 nitrogen and oxygen atoms in total. The Labute approximate surface area is 195 Å². The van der Waals surface area contributed by atoms with Gasteiger partial charge in [0.05, 0.1) is 29.2 Å². The van der Waals surface area contributed by atoms with Gasteiger partial charge in [0.1, 0.15) is 5.01 Å². The number of halogens is 1. The largest absolute Gasteiger partial charge is 0.419 e. The van der Waals surface area contributed by atoms with Crippen molar-refractivity contribution in [2.45, 2.75) is 39.8 Å². The lowest BCUT2D eigenvalue weighted by atomic mass is 10.2. The van der Waals surface area contributed by atoms with Crippen LogP contribution in [0.4, 0.5) is 0 Å². The standard InChI is InChI=1S/C24H23ClN4O2S/c1-15(2)29(13-21-27-28-23(31-21)19-6-4-5-7-20(19)25)22(30)12-18-14-32-24(26-18)17-10-8-16(3)9-11-17/h4-11,14-15H,12-13H2,1-3H3. The first kappa shape index (κ1) is 22.2. The molecule has 0 unspecified atom stereocenters. The second kappa shape index (κ2) is 9.63. The predicted octanol–water partition coefficient (Wildman–Crippen LogP) is 5.80. The fourth-order valence-corrected chi connectivity index (χ4v) is 4.28. The molecule has 4 rings (SSSR count). The second-order valence-electron chi connectivity index (χ2n) is 7.78. The van der Waals surface area contributed by atoms with Gasteiger partial charge in [-0.2, -0.15) is 0 Å². The Kier molecular flexibility index (Phi) is 6.67. The number of thiazole rings is 1. The van der Waals surface area contributed by atoms with E-state index < -0.39 is 0 Å². The molecule has 1 amide bonds. The molecule has 0 fully saturated rings. The number of rotatable bonds is 7. The Morgan fingerprint density at radius 1 is 1.12 bits per heavy atom. The van der Waals surface area contributed by atoms with Gasteiger partial charge in [-0.15, -0.1) is 21.5 Å². The number of nitrogens with zero attached hydrogens (tertiary/aromatic N) is 4. The lowest BCUT2D eigenvalue weighted by Gasteiger charge is -2.24. The van der Waals surface area contributed by atoms with Crippen LogP contribution in [0.15, 0.2) is 58.3 Å². The lowest BCUT2D eigenvalue weighted by molar-refractivity contribution is -0.133. The zero-order valence-corrected chi connectivity index (χ0v) is 19.7. The van der Waals surface area contributed by atoms with Crippen LogP contribution in [0.25, 0.3) is 22.0 Å². The van der Waals surface area contributed by atoms with Crippen LogP contribution in [0.1, 0.15) is 31.0 Å². The van der Waals surface area contributed by atoms with Crippen molar-refractivity contribution in [3.8, 4) is 22.0 Å². The van der Waals surface area contributed by atoms with Crippen LogP contribution in [0.2, 0.25) is 5.02 Å². The van der Waals surface area contributed by atoms with Gasteiger partial charge in [-0.1, -0.05) is 53.6 Å². The maximum absolute atomic E-state index is 13.1. The highest BCUT2D eigenvalue weighted by Gasteiger charge is 2.22. The summed E-state index contributed by atoms with van der Waals surface area (Å²) in [5.41, 5.74) is 3.68. The second-order valence-corrected chi connectivity index (χ2v) is 9.05. The molecule has 8 heteroatoms. The highest BCUT2D eigenvalue weighted by atomic mass is 35.5. The van der Waals surface area contributed by atoms with Crippen molar-refractivity contribution in [3.05, 3.63) is 76.1 Å². The molecule has 4 aromatic rings. The molecule has 0 radical (unpaired) electrons. The lowest BCUT2D eigenvalue weighted by Crippen LogP contribution is -2.37. The molecule has 0 aliphatic rings. The number of aryl methyl sites for hydroxylation is 1. The number of benzene rings is 2. The summed E-state index contributed by atoms with van der Waals surface area (Å²) in [5, 5.41) is 11.6. The monoisotopic (exact) mass is 466 g/mol. The van der Waals surface area contributed by atoms with Crippen LogP contribution < -0.4 is 0 Å². The number of carbonyl (C=O) groups excluding carboxylic acids is 1. The van der Waals surface area contributed by atoms with Gasteiger partial charge in [-0.3, -0.25) is 4.79 Å². The topological polar surface area (TPSA) is 72.1 Å². The number of carbonyl (C=O) groups is 1. The van der Waals surface area contributed by atoms with Crippen LogP contribution in [-0.2, 0) is 17.8 Å². The first-order valence-corrected chi connectivity index (χ1v) is 11.5. The normalized spacial score (nSPS) is 11.2. The smallest absolute Gasteiger partial charge is 0.249 e. The van der Waals surface area contributed by atoms with Gasteiger partial charge < -0.3 is 9.32 Å². The van der Waals surface area contributed by atoms with Crippen molar-refractivity contribution < 1.29 is 9.21 Å². The minimum atomic E-state index is -0.0433. The molecule has 0 N–H and O–H groups in total. The predicted molar refractivity (Wildman–Crippen MR) is 126 cm³/mol. The third kappa shape index (κ3) is 5.06. The molecule has 164 valence electrons. The Hall–Kier alpha value is -3.03. The van der Waals surface area contributed by atoms with Crippen molar-refractivity contribution in [2.75, 3.05) is 0 Å². The fourth-order valence-electron chi connectivity index (χ4n) is 3.24. The minimum absolute atomic E-state index is 0.0339. The Bertz CT molecular complexity index is 1220. The fraction of sp³-hybridized carbons (Fsp3) is 0.250. The van der Waals surface area contributed by atoms with E-state index in [-0.39, 0.29) is 24.9 Å². The Morgan fingerprint density at radius 2 is 1.88 bits per heavy atom. The molecular weight excluding hydrogens is 444 g/mol. The minimum Gasteiger partial charge on any atom is -0.419 e. The molecule has 2 heterocycles. The first-order chi connectivity index (χ1) is 15.4. The maximum atomic E-state index is 13.1. The number of aromatic nitrogens is 3. The van der Waals surface area contributed by atoms with Crippen LogP contribution in [0.5, 0.6) is 0 Å². The van der Waals surface area contributed by atoms with E-state index in [0.29, 0.717) is 22.4 Å². The van der Waals surface area contributed by atoms with Gasteiger partial charge in [0, 0.05) is 17.0 Å². The molecule has 0 bridgehead atoms. The van der Waals surface area contributed by atoms with Gasteiger partial charge in [0.2, 0.25) is 17.7 Å². The van der Waals surface area contributed by atoms with Gasteiger partial charge in [-0.05, 0) is 32.9 Å². The van der Waals surface area contributed by atoms with E-state index in [1.807, 2.05) is 49.6 Å². The SMILES string of the molecule is Cc1ccc(-c2nc(CC(=O)N(Cc3nnc(-c4ccccc4Cl)o3)C(C)C)cs2)cc1. The van der Waals surface area contributed by atoms with Gasteiger partial charge in [0.15, 0.2) is 0 Å². The Balaban J connectivity index is 1.46. The molecule has 0 saturated carbocycles. The van der Waals surface area contributed by atoms with E-state index >= 15 is 0 Å². The quantitative estimate of drug-likeness (QED) is 0.344. The van der Waals surface area contributed by atoms with Crippen molar-refractivity contribution in [3.63, 3.8) is 0 Å². The zero-order valence-electron chi connectivity index (χ0n) is 18.1. The molecule has 0 saturated heterocycles. The number of hydrogen-bond acceptors (Lipinski definition) is 6. The molecule has 0 aliphatic carbocycles. The third-order valence-corrected chi connectivity index (χ3v) is 6.27. The third-order valence-electron chi connectivity index (χ3n) is 5.00. The first-order valence-electron chi connectivity index (χ1n) is 10.3. The molecule has 0 spiro atoms. The van der Waals surface area contributed by atoms with Crippen molar-refractivity contribution >= 4 is 28.8 Å². The number of amides is 1. The van der Waals surface area contributed by atoms with Gasteiger partial charge in [0.25, 0.3) is 0 Å². The van der Waals surface area contributed by atoms with Crippen molar-refractivity contribution in [2.24, 2.45) is 0 Å². The summed E-state index contributed by atoms with van der Waals surface area (Å²) < 4.78 is 5.79. The molecule has 2 aromatic heterocycles. The summed E-state index contributed by atoms with van der Waals surface area (Å²) >= 11 is 7.76. The zero-order chi connectivity index (χ0) is 22.7. The molecule has 0 atom stereocenters. The van der Waals surface area contributed by atoms with E-state index in [9.17, 15) is 4.79 Å². The van der Waals surface area contributed by atoms with Crippen LogP contribution in [0, 0.1) is 6.92 Å². The van der Waals surface area contributed by atoms with Crippen LogP contribution >= 0.6 is 22.9 Å². The Morgan fingerprint density at radius 3 is 2.59 bits per heavy atom. The highest BCUT2D eigenvalue weighted by molar-refractivity contribution is 7.13. The average Bonchev–Trinajstić information content (AvgIpc) is 3.42. The summed E-state index contributed by atoms with van der Waals surface area (Å²) in [7, 11) is 0. The van der Waals surface area contributed by atoms with Crippen LogP contribution in [0.3, 0.4) is 0 Å². The molecular formula is C24H23ClN4O2S. The van der Waals surface area contributed by atoms with Gasteiger partial charge in [-0.25, -0.2) is 4.98 Å². The van der Waals surface area contributed by atoms with E-state index in [4.69, 9.17) is 16.0 Å². The average molecular weight is 467 g/mol. The summed E-state index contributed by atoms with van der Waals surface area (Å²) in [6.07, 6.45) is 0.214. The maximum Gasteiger partial charge on any atom is 0.249 e. The van der Waals surface area contributed by atoms with E-state index in [1.165, 1.54) is 5.56 Å². The van der Waals surface area contributed by atoms with Crippen molar-refractivity contribution in [1.82, 2.24) is 20.1 Å². The van der Waals surface area contributed by atoms with Crippen LogP contribution in [-0.4, -0.2) is 32.0 Å². The van der Waals surface area contributed by atoms with E-state index in [0.717, 1.165) is 16.3 Å². The van der Waals surface area contributed by atoms with E-state index in [2.05, 4.69) is 34.2 Å². The summed E-state index contributed by atoms with van der Waals surface area (Å²) in [6, 6.07) is 15.5. The number of hydrogen-bond donors (Lipinski definition) is 0. The summed E-state index contributed by atoms with van der Waals surface area (Å²) in [4.78, 5) is 19.4. The highest BCUT2D eigenvalue weighted by Crippen LogP contribution is 2.27. The van der Waals surface area contributed by atoms with Gasteiger partial charge >= 0.3 is 0 Å². The molecule has 0 aliphatic heterocycles. The molecule has 2 aromatic carbocycles. The van der Waals surface area contributed by atoms with Crippen molar-refractivity contribution in [1.29, 1.82) is 0 Å². The summed E-state index contributed by atoms with van der Waals surface area (Å²) in [6.45, 7) is 6.20. The summed E-state index contributed by atoms with van der Waals surface area (Å²) in [5.74, 6) is 0.655.